The standard InChI is InChI=1S/C26H28N2/c1-8-14-22-18(6)19(10-3)21(12-5)28(22)25-17-13-16-24-26(25)20(11-4)23(15-9-2)27(24)7/h8-17H,3-5H2,1-2,6-7H3/b14-8-,15-9-. The summed E-state index contributed by atoms with van der Waals surface area (Å²) < 4.78 is 4.51. The summed E-state index contributed by atoms with van der Waals surface area (Å²) >= 11 is 0. The highest BCUT2D eigenvalue weighted by Crippen LogP contribution is 2.37. The van der Waals surface area contributed by atoms with Gasteiger partial charge in [0.05, 0.1) is 16.9 Å². The van der Waals surface area contributed by atoms with Crippen molar-refractivity contribution < 1.29 is 0 Å². The molecule has 0 aliphatic carbocycles. The summed E-state index contributed by atoms with van der Waals surface area (Å²) in [5.41, 5.74) is 9.10. The second-order valence-corrected chi connectivity index (χ2v) is 6.79. The van der Waals surface area contributed by atoms with E-state index in [0.29, 0.717) is 0 Å². The third kappa shape index (κ3) is 2.73. The number of allylic oxidation sites excluding steroid dienone is 2. The van der Waals surface area contributed by atoms with Crippen molar-refractivity contribution in [1.82, 2.24) is 9.13 Å². The quantitative estimate of drug-likeness (QED) is 0.433. The third-order valence-electron chi connectivity index (χ3n) is 5.33. The van der Waals surface area contributed by atoms with Crippen molar-refractivity contribution in [3.8, 4) is 5.69 Å². The molecule has 142 valence electrons. The van der Waals surface area contributed by atoms with E-state index in [1.807, 2.05) is 32.1 Å². The molecule has 2 aromatic heterocycles. The number of benzene rings is 1. The van der Waals surface area contributed by atoms with Gasteiger partial charge in [-0.05, 0) is 56.7 Å². The Labute approximate surface area is 168 Å². The Hall–Kier alpha value is -3.26. The predicted molar refractivity (Wildman–Crippen MR) is 127 cm³/mol. The van der Waals surface area contributed by atoms with Gasteiger partial charge < -0.3 is 9.13 Å². The van der Waals surface area contributed by atoms with Gasteiger partial charge in [-0.3, -0.25) is 0 Å². The highest BCUT2D eigenvalue weighted by atomic mass is 15.0. The smallest absolute Gasteiger partial charge is 0.0562 e. The zero-order valence-corrected chi connectivity index (χ0v) is 17.3. The molecule has 0 fully saturated rings. The molecule has 3 aromatic rings. The summed E-state index contributed by atoms with van der Waals surface area (Å²) in [5, 5.41) is 1.19. The van der Waals surface area contributed by atoms with Crippen LogP contribution in [0.15, 0.2) is 50.1 Å². The third-order valence-corrected chi connectivity index (χ3v) is 5.33. The molecule has 0 aliphatic rings. The van der Waals surface area contributed by atoms with Gasteiger partial charge >= 0.3 is 0 Å². The van der Waals surface area contributed by atoms with Gasteiger partial charge in [-0.1, -0.05) is 50.1 Å². The maximum Gasteiger partial charge on any atom is 0.0562 e. The summed E-state index contributed by atoms with van der Waals surface area (Å²) in [6, 6.07) is 6.44. The number of hydrogen-bond acceptors (Lipinski definition) is 0. The second kappa shape index (κ2) is 7.77. The maximum absolute atomic E-state index is 4.11. The molecular formula is C26H28N2. The van der Waals surface area contributed by atoms with Crippen LogP contribution in [0.1, 0.15) is 47.6 Å². The van der Waals surface area contributed by atoms with Crippen molar-refractivity contribution in [2.75, 3.05) is 0 Å². The van der Waals surface area contributed by atoms with Crippen LogP contribution in [0, 0.1) is 6.92 Å². The van der Waals surface area contributed by atoms with Gasteiger partial charge in [0.1, 0.15) is 0 Å². The van der Waals surface area contributed by atoms with E-state index in [0.717, 1.165) is 33.9 Å². The lowest BCUT2D eigenvalue weighted by molar-refractivity contribution is 0.952. The molecule has 0 amide bonds. The first-order valence-electron chi connectivity index (χ1n) is 9.55. The molecule has 0 N–H and O–H groups in total. The molecule has 28 heavy (non-hydrogen) atoms. The molecule has 0 radical (unpaired) electrons. The van der Waals surface area contributed by atoms with E-state index in [9.17, 15) is 0 Å². The molecule has 2 heteroatoms. The van der Waals surface area contributed by atoms with Crippen molar-refractivity contribution in [2.45, 2.75) is 20.8 Å². The Kier molecular flexibility index (Phi) is 5.41. The first-order chi connectivity index (χ1) is 13.5. The number of hydrogen-bond donors (Lipinski definition) is 0. The number of aromatic nitrogens is 2. The summed E-state index contributed by atoms with van der Waals surface area (Å²) in [7, 11) is 2.10. The zero-order valence-electron chi connectivity index (χ0n) is 17.3. The lowest BCUT2D eigenvalue weighted by Gasteiger charge is -2.13. The van der Waals surface area contributed by atoms with Crippen molar-refractivity contribution in [3.05, 3.63) is 83.9 Å². The van der Waals surface area contributed by atoms with E-state index in [2.05, 4.69) is 85.3 Å². The van der Waals surface area contributed by atoms with E-state index >= 15 is 0 Å². The van der Waals surface area contributed by atoms with Gasteiger partial charge in [-0.15, -0.1) is 0 Å². The SMILES string of the molecule is C=Cc1c(C)c(/C=C\C)n(-c2cccc3c2c(C=C)c(/C=C\C)n3C)c1C=C. The van der Waals surface area contributed by atoms with E-state index in [1.54, 1.807) is 0 Å². The van der Waals surface area contributed by atoms with Crippen LogP contribution in [-0.2, 0) is 7.05 Å². The van der Waals surface area contributed by atoms with Crippen LogP contribution in [0.3, 0.4) is 0 Å². The molecule has 0 saturated heterocycles. The highest BCUT2D eigenvalue weighted by molar-refractivity contribution is 6.00. The van der Waals surface area contributed by atoms with Crippen LogP contribution in [0.2, 0.25) is 0 Å². The number of nitrogens with zero attached hydrogens (tertiary/aromatic N) is 2. The molecule has 0 bridgehead atoms. The van der Waals surface area contributed by atoms with Crippen LogP contribution in [0.5, 0.6) is 0 Å². The summed E-state index contributed by atoms with van der Waals surface area (Å²) in [6.07, 6.45) is 14.2. The molecule has 2 nitrogen and oxygen atoms in total. The lowest BCUT2D eigenvalue weighted by Crippen LogP contribution is -2.01. The predicted octanol–water partition coefficient (Wildman–Crippen LogP) is 7.27. The fourth-order valence-corrected chi connectivity index (χ4v) is 4.10. The van der Waals surface area contributed by atoms with Gasteiger partial charge in [-0.25, -0.2) is 0 Å². The van der Waals surface area contributed by atoms with E-state index in [-0.39, 0.29) is 0 Å². The Balaban J connectivity index is 2.57. The Bertz CT molecular complexity index is 1140. The zero-order chi connectivity index (χ0) is 20.4. The van der Waals surface area contributed by atoms with Gasteiger partial charge in [0, 0.05) is 34.9 Å². The summed E-state index contributed by atoms with van der Waals surface area (Å²) in [4.78, 5) is 0. The fraction of sp³-hybridized carbons (Fsp3) is 0.154. The molecule has 1 aromatic carbocycles. The monoisotopic (exact) mass is 368 g/mol. The Morgan fingerprint density at radius 2 is 1.46 bits per heavy atom. The van der Waals surface area contributed by atoms with Crippen molar-refractivity contribution >= 4 is 41.3 Å². The molecule has 2 heterocycles. The Morgan fingerprint density at radius 1 is 0.821 bits per heavy atom. The Morgan fingerprint density at radius 3 is 2.04 bits per heavy atom. The summed E-state index contributed by atoms with van der Waals surface area (Å²) in [6.45, 7) is 18.4. The molecule has 0 spiro atoms. The molecule has 0 unspecified atom stereocenters. The molecule has 0 saturated carbocycles. The van der Waals surface area contributed by atoms with Crippen molar-refractivity contribution in [1.29, 1.82) is 0 Å². The molecule has 0 atom stereocenters. The van der Waals surface area contributed by atoms with E-state index in [4.69, 9.17) is 0 Å². The van der Waals surface area contributed by atoms with Crippen LogP contribution in [-0.4, -0.2) is 9.13 Å². The average molecular weight is 369 g/mol. The molecule has 3 rings (SSSR count). The topological polar surface area (TPSA) is 9.86 Å². The van der Waals surface area contributed by atoms with Crippen LogP contribution in [0.4, 0.5) is 0 Å². The lowest BCUT2D eigenvalue weighted by atomic mass is 10.1. The number of aryl methyl sites for hydroxylation is 1. The average Bonchev–Trinajstić information content (AvgIpc) is 3.13. The van der Waals surface area contributed by atoms with Gasteiger partial charge in [0.25, 0.3) is 0 Å². The molecule has 0 aliphatic heterocycles. The second-order valence-electron chi connectivity index (χ2n) is 6.79. The van der Waals surface area contributed by atoms with E-state index in [1.165, 1.54) is 16.5 Å². The minimum absolute atomic E-state index is 1.06. The van der Waals surface area contributed by atoms with Crippen LogP contribution >= 0.6 is 0 Å². The van der Waals surface area contributed by atoms with Gasteiger partial charge in [0.15, 0.2) is 0 Å². The van der Waals surface area contributed by atoms with Gasteiger partial charge in [-0.2, -0.15) is 0 Å². The van der Waals surface area contributed by atoms with Crippen LogP contribution in [0.25, 0.3) is 47.0 Å². The fourth-order valence-electron chi connectivity index (χ4n) is 4.10. The maximum atomic E-state index is 4.11. The van der Waals surface area contributed by atoms with E-state index < -0.39 is 0 Å². The highest BCUT2D eigenvalue weighted by Gasteiger charge is 2.21. The first kappa shape index (κ1) is 19.5. The largest absolute Gasteiger partial charge is 0.344 e. The summed E-state index contributed by atoms with van der Waals surface area (Å²) in [5.74, 6) is 0. The van der Waals surface area contributed by atoms with Crippen LogP contribution < -0.4 is 0 Å². The minimum atomic E-state index is 1.06. The van der Waals surface area contributed by atoms with Crippen molar-refractivity contribution in [3.63, 3.8) is 0 Å². The van der Waals surface area contributed by atoms with Crippen molar-refractivity contribution in [2.24, 2.45) is 7.05 Å². The first-order valence-corrected chi connectivity index (χ1v) is 9.55. The minimum Gasteiger partial charge on any atom is -0.344 e. The number of rotatable bonds is 6. The number of fused-ring (bicyclic) bond motifs is 1. The molecular weight excluding hydrogens is 340 g/mol. The van der Waals surface area contributed by atoms with Gasteiger partial charge in [0.2, 0.25) is 0 Å². The normalized spacial score (nSPS) is 11.7.